The van der Waals surface area contributed by atoms with Gasteiger partial charge in [0.25, 0.3) is 0 Å². The van der Waals surface area contributed by atoms with Crippen molar-refractivity contribution >= 4 is 17.3 Å². The Balaban J connectivity index is 1.39. The zero-order valence-electron chi connectivity index (χ0n) is 23.0. The van der Waals surface area contributed by atoms with Crippen molar-refractivity contribution in [1.29, 1.82) is 0 Å². The SMILES string of the molecule is CC1(C)c2ccccc2-c2cc3c(cc21)N(c1nc(-c2ccccc2)nc(-c2ccccc2)n1)c1ccccc1C3. The molecule has 0 spiro atoms. The lowest BCUT2D eigenvalue weighted by Crippen LogP contribution is -2.23. The van der Waals surface area contributed by atoms with E-state index in [1.807, 2.05) is 36.4 Å². The van der Waals surface area contributed by atoms with Gasteiger partial charge in [0.1, 0.15) is 0 Å². The van der Waals surface area contributed by atoms with E-state index in [1.165, 1.54) is 33.4 Å². The molecule has 8 rings (SSSR count). The zero-order chi connectivity index (χ0) is 27.6. The Morgan fingerprint density at radius 2 is 1.15 bits per heavy atom. The van der Waals surface area contributed by atoms with Crippen LogP contribution in [0.4, 0.5) is 17.3 Å². The minimum atomic E-state index is -0.104. The minimum Gasteiger partial charge on any atom is -0.278 e. The second-order valence-electron chi connectivity index (χ2n) is 11.4. The maximum absolute atomic E-state index is 5.12. The monoisotopic (exact) mass is 528 g/mol. The number of fused-ring (bicyclic) bond motifs is 5. The Morgan fingerprint density at radius 3 is 1.85 bits per heavy atom. The van der Waals surface area contributed by atoms with Crippen molar-refractivity contribution in [3.8, 4) is 33.9 Å². The minimum absolute atomic E-state index is 0.104. The molecular weight excluding hydrogens is 500 g/mol. The number of rotatable bonds is 3. The standard InChI is InChI=1S/C37H28N4/c1-37(2)30-19-11-10-18-28(30)29-22-27-21-26-17-9-12-20-32(26)41(33(27)23-31(29)37)36-39-34(24-13-5-3-6-14-24)38-35(40-36)25-15-7-4-8-16-25/h3-20,22-23H,21H2,1-2H3. The van der Waals surface area contributed by atoms with Gasteiger partial charge in [0.15, 0.2) is 11.6 Å². The smallest absolute Gasteiger partial charge is 0.238 e. The maximum atomic E-state index is 5.12. The lowest BCUT2D eigenvalue weighted by atomic mass is 9.81. The van der Waals surface area contributed by atoms with Crippen LogP contribution in [0.15, 0.2) is 121 Å². The summed E-state index contributed by atoms with van der Waals surface area (Å²) >= 11 is 0. The molecule has 0 N–H and O–H groups in total. The van der Waals surface area contributed by atoms with E-state index < -0.39 is 0 Å². The van der Waals surface area contributed by atoms with Crippen molar-refractivity contribution in [2.75, 3.05) is 4.90 Å². The third kappa shape index (κ3) is 3.71. The Bertz CT molecular complexity index is 1890. The molecule has 0 bridgehead atoms. The van der Waals surface area contributed by atoms with Crippen LogP contribution in [0.3, 0.4) is 0 Å². The fraction of sp³-hybridized carbons (Fsp3) is 0.108. The van der Waals surface area contributed by atoms with Gasteiger partial charge in [-0.25, -0.2) is 4.98 Å². The van der Waals surface area contributed by atoms with Gasteiger partial charge in [0.05, 0.1) is 11.4 Å². The molecule has 5 aromatic carbocycles. The number of anilines is 3. The van der Waals surface area contributed by atoms with E-state index in [1.54, 1.807) is 0 Å². The topological polar surface area (TPSA) is 41.9 Å². The third-order valence-corrected chi connectivity index (χ3v) is 8.52. The summed E-state index contributed by atoms with van der Waals surface area (Å²) in [4.78, 5) is 17.4. The predicted molar refractivity (Wildman–Crippen MR) is 166 cm³/mol. The molecule has 0 amide bonds. The summed E-state index contributed by atoms with van der Waals surface area (Å²) in [6, 6.07) is 42.6. The molecule has 6 aromatic rings. The van der Waals surface area contributed by atoms with Crippen LogP contribution in [-0.2, 0) is 11.8 Å². The lowest BCUT2D eigenvalue weighted by molar-refractivity contribution is 0.660. The highest BCUT2D eigenvalue weighted by Gasteiger charge is 2.38. The summed E-state index contributed by atoms with van der Waals surface area (Å²) in [6.45, 7) is 4.66. The van der Waals surface area contributed by atoms with Gasteiger partial charge in [-0.15, -0.1) is 0 Å². The van der Waals surface area contributed by atoms with Crippen LogP contribution >= 0.6 is 0 Å². The van der Waals surface area contributed by atoms with E-state index in [0.29, 0.717) is 17.6 Å². The summed E-state index contributed by atoms with van der Waals surface area (Å²) in [5.74, 6) is 1.94. The average molecular weight is 529 g/mol. The van der Waals surface area contributed by atoms with Gasteiger partial charge in [0.2, 0.25) is 5.95 Å². The highest BCUT2D eigenvalue weighted by Crippen LogP contribution is 2.53. The van der Waals surface area contributed by atoms with Crippen LogP contribution in [0.5, 0.6) is 0 Å². The summed E-state index contributed by atoms with van der Waals surface area (Å²) in [6.07, 6.45) is 0.861. The van der Waals surface area contributed by atoms with E-state index in [-0.39, 0.29) is 5.41 Å². The van der Waals surface area contributed by atoms with Crippen molar-refractivity contribution in [2.24, 2.45) is 0 Å². The van der Waals surface area contributed by atoms with Gasteiger partial charge < -0.3 is 0 Å². The number of hydrogen-bond donors (Lipinski definition) is 0. The fourth-order valence-corrected chi connectivity index (χ4v) is 6.46. The number of nitrogens with zero attached hydrogens (tertiary/aromatic N) is 4. The molecule has 0 unspecified atom stereocenters. The van der Waals surface area contributed by atoms with Gasteiger partial charge in [-0.1, -0.05) is 117 Å². The van der Waals surface area contributed by atoms with E-state index in [2.05, 4.69) is 104 Å². The first-order chi connectivity index (χ1) is 20.1. The summed E-state index contributed by atoms with van der Waals surface area (Å²) in [5.41, 5.74) is 12.0. The van der Waals surface area contributed by atoms with E-state index in [4.69, 9.17) is 15.0 Å². The number of para-hydroxylation sites is 1. The normalized spacial score (nSPS) is 14.1. The second-order valence-corrected chi connectivity index (χ2v) is 11.4. The molecule has 0 saturated heterocycles. The van der Waals surface area contributed by atoms with E-state index in [0.717, 1.165) is 28.9 Å². The molecule has 4 heteroatoms. The van der Waals surface area contributed by atoms with Crippen LogP contribution in [0, 0.1) is 0 Å². The van der Waals surface area contributed by atoms with Crippen LogP contribution < -0.4 is 4.90 Å². The van der Waals surface area contributed by atoms with Gasteiger partial charge in [0, 0.05) is 23.0 Å². The quantitative estimate of drug-likeness (QED) is 0.230. The number of aromatic nitrogens is 3. The molecule has 0 fully saturated rings. The molecule has 0 atom stereocenters. The molecule has 2 heterocycles. The molecule has 0 radical (unpaired) electrons. The van der Waals surface area contributed by atoms with Crippen molar-refractivity contribution in [3.05, 3.63) is 144 Å². The Morgan fingerprint density at radius 1 is 0.537 bits per heavy atom. The van der Waals surface area contributed by atoms with Crippen molar-refractivity contribution in [1.82, 2.24) is 15.0 Å². The first-order valence-corrected chi connectivity index (χ1v) is 14.1. The van der Waals surface area contributed by atoms with Crippen LogP contribution in [-0.4, -0.2) is 15.0 Å². The zero-order valence-corrected chi connectivity index (χ0v) is 23.0. The average Bonchev–Trinajstić information content (AvgIpc) is 3.25. The molecule has 0 saturated carbocycles. The van der Waals surface area contributed by atoms with Crippen LogP contribution in [0.25, 0.3) is 33.9 Å². The predicted octanol–water partition coefficient (Wildman–Crippen LogP) is 8.89. The highest BCUT2D eigenvalue weighted by atomic mass is 15.3. The Kier molecular flexibility index (Phi) is 5.20. The highest BCUT2D eigenvalue weighted by molar-refractivity contribution is 5.89. The first-order valence-electron chi connectivity index (χ1n) is 14.1. The second kappa shape index (κ2) is 8.97. The van der Waals surface area contributed by atoms with Crippen molar-refractivity contribution in [2.45, 2.75) is 25.7 Å². The molecule has 41 heavy (non-hydrogen) atoms. The maximum Gasteiger partial charge on any atom is 0.238 e. The Labute approximate surface area is 240 Å². The van der Waals surface area contributed by atoms with E-state index in [9.17, 15) is 0 Å². The van der Waals surface area contributed by atoms with Gasteiger partial charge in [-0.2, -0.15) is 9.97 Å². The van der Waals surface area contributed by atoms with Crippen molar-refractivity contribution in [3.63, 3.8) is 0 Å². The number of benzene rings is 5. The van der Waals surface area contributed by atoms with Crippen molar-refractivity contribution < 1.29 is 0 Å². The molecule has 1 aliphatic heterocycles. The van der Waals surface area contributed by atoms with E-state index >= 15 is 0 Å². The van der Waals surface area contributed by atoms with Crippen LogP contribution in [0.2, 0.25) is 0 Å². The number of hydrogen-bond acceptors (Lipinski definition) is 4. The molecule has 196 valence electrons. The molecule has 1 aliphatic carbocycles. The third-order valence-electron chi connectivity index (χ3n) is 8.52. The van der Waals surface area contributed by atoms with Gasteiger partial charge in [-0.3, -0.25) is 4.90 Å². The summed E-state index contributed by atoms with van der Waals surface area (Å²) in [5, 5.41) is 0. The molecular formula is C37H28N4. The molecule has 4 nitrogen and oxygen atoms in total. The van der Waals surface area contributed by atoms with Crippen LogP contribution in [0.1, 0.15) is 36.1 Å². The largest absolute Gasteiger partial charge is 0.278 e. The lowest BCUT2D eigenvalue weighted by Gasteiger charge is -2.33. The van der Waals surface area contributed by atoms with Gasteiger partial charge in [-0.05, 0) is 51.6 Å². The molecule has 1 aromatic heterocycles. The Hall–Kier alpha value is -5.09. The van der Waals surface area contributed by atoms with Gasteiger partial charge >= 0.3 is 0 Å². The fourth-order valence-electron chi connectivity index (χ4n) is 6.46. The molecule has 2 aliphatic rings. The summed E-state index contributed by atoms with van der Waals surface area (Å²) in [7, 11) is 0. The summed E-state index contributed by atoms with van der Waals surface area (Å²) < 4.78 is 0. The first kappa shape index (κ1) is 23.8.